The van der Waals surface area contributed by atoms with Crippen LogP contribution in [0.4, 0.5) is 5.69 Å². The first kappa shape index (κ1) is 20.1. The molecule has 1 aromatic heterocycles. The fourth-order valence-corrected chi connectivity index (χ4v) is 3.44. The summed E-state index contributed by atoms with van der Waals surface area (Å²) in [5.74, 6) is -0.299. The van der Waals surface area contributed by atoms with E-state index in [0.29, 0.717) is 16.6 Å². The van der Waals surface area contributed by atoms with Crippen LogP contribution in [0.5, 0.6) is 0 Å². The number of amides is 1. The highest BCUT2D eigenvalue weighted by atomic mass is 35.5. The lowest BCUT2D eigenvalue weighted by Gasteiger charge is -2.23. The summed E-state index contributed by atoms with van der Waals surface area (Å²) in [6, 6.07) is 4.53. The fourth-order valence-electron chi connectivity index (χ4n) is 2.59. The van der Waals surface area contributed by atoms with E-state index >= 15 is 0 Å². The van der Waals surface area contributed by atoms with Crippen LogP contribution in [0.1, 0.15) is 23.2 Å². The zero-order chi connectivity index (χ0) is 17.8. The summed E-state index contributed by atoms with van der Waals surface area (Å²) in [4.78, 5) is 23.7. The first-order valence-electron chi connectivity index (χ1n) is 7.86. The van der Waals surface area contributed by atoms with E-state index in [4.69, 9.17) is 0 Å². The molecule has 1 aliphatic heterocycles. The number of nitrogens with zero attached hydrogens (tertiary/aromatic N) is 4. The molecule has 1 aromatic carbocycles. The van der Waals surface area contributed by atoms with Gasteiger partial charge in [-0.15, -0.1) is 22.6 Å². The Morgan fingerprint density at radius 3 is 2.92 bits per heavy atom. The molecule has 1 atom stereocenters. The molecular formula is C15H19ClN6O3S. The summed E-state index contributed by atoms with van der Waals surface area (Å²) in [7, 11) is 1.76. The zero-order valence-electron chi connectivity index (χ0n) is 14.0. The Balaban J connectivity index is 0.00000243. The first-order valence-corrected chi connectivity index (χ1v) is 8.68. The van der Waals surface area contributed by atoms with Crippen LogP contribution in [-0.4, -0.2) is 44.7 Å². The predicted molar refractivity (Wildman–Crippen MR) is 98.8 cm³/mol. The number of halogens is 1. The van der Waals surface area contributed by atoms with Gasteiger partial charge in [-0.3, -0.25) is 14.9 Å². The molecular weight excluding hydrogens is 380 g/mol. The van der Waals surface area contributed by atoms with E-state index in [0.717, 1.165) is 31.1 Å². The van der Waals surface area contributed by atoms with Gasteiger partial charge in [-0.25, -0.2) is 0 Å². The molecule has 2 aromatic rings. The highest BCUT2D eigenvalue weighted by Crippen LogP contribution is 2.34. The van der Waals surface area contributed by atoms with Crippen LogP contribution in [0.2, 0.25) is 0 Å². The maximum atomic E-state index is 12.4. The number of aryl methyl sites for hydroxylation is 1. The third kappa shape index (κ3) is 4.71. The number of rotatable bonds is 5. The Labute approximate surface area is 160 Å². The predicted octanol–water partition coefficient (Wildman–Crippen LogP) is 1.78. The molecule has 9 nitrogen and oxygen atoms in total. The van der Waals surface area contributed by atoms with Gasteiger partial charge in [0.25, 0.3) is 11.6 Å². The standard InChI is InChI=1S/C15H18N6O3S.ClH/c1-20-9-17-19-15(20)25-13-5-4-10(7-12(13)21(23)24)14(22)18-11-3-2-6-16-8-11;/h4-5,7,9,11,16H,2-3,6,8H2,1H3,(H,18,22);1H. The molecule has 3 rings (SSSR count). The minimum absolute atomic E-state index is 0. The third-order valence-corrected chi connectivity index (χ3v) is 5.04. The van der Waals surface area contributed by atoms with Crippen molar-refractivity contribution < 1.29 is 9.72 Å². The second-order valence-electron chi connectivity index (χ2n) is 5.78. The largest absolute Gasteiger partial charge is 0.348 e. The minimum Gasteiger partial charge on any atom is -0.348 e. The number of benzene rings is 1. The van der Waals surface area contributed by atoms with Crippen molar-refractivity contribution in [3.05, 3.63) is 40.2 Å². The average molecular weight is 399 g/mol. The summed E-state index contributed by atoms with van der Waals surface area (Å²) in [6.07, 6.45) is 3.42. The first-order chi connectivity index (χ1) is 12.0. The molecule has 0 spiro atoms. The van der Waals surface area contributed by atoms with Crippen LogP contribution in [0.25, 0.3) is 0 Å². The van der Waals surface area contributed by atoms with Gasteiger partial charge in [-0.1, -0.05) is 0 Å². The summed E-state index contributed by atoms with van der Waals surface area (Å²) in [5.41, 5.74) is 0.155. The highest BCUT2D eigenvalue weighted by molar-refractivity contribution is 7.99. The SMILES string of the molecule is Cl.Cn1cnnc1Sc1ccc(C(=O)NC2CCCNC2)cc1[N+](=O)[O-]. The van der Waals surface area contributed by atoms with Crippen molar-refractivity contribution in [2.45, 2.75) is 28.9 Å². The normalized spacial score (nSPS) is 16.6. The second-order valence-corrected chi connectivity index (χ2v) is 6.79. The molecule has 0 bridgehead atoms. The molecule has 1 amide bonds. The molecule has 2 heterocycles. The lowest BCUT2D eigenvalue weighted by molar-refractivity contribution is -0.387. The Morgan fingerprint density at radius 2 is 2.31 bits per heavy atom. The van der Waals surface area contributed by atoms with Crippen molar-refractivity contribution >= 4 is 35.8 Å². The summed E-state index contributed by atoms with van der Waals surface area (Å²) < 4.78 is 1.67. The maximum Gasteiger partial charge on any atom is 0.284 e. The lowest BCUT2D eigenvalue weighted by Crippen LogP contribution is -2.45. The smallest absolute Gasteiger partial charge is 0.284 e. The molecule has 26 heavy (non-hydrogen) atoms. The number of nitrogens with one attached hydrogen (secondary N) is 2. The van der Waals surface area contributed by atoms with Gasteiger partial charge in [-0.2, -0.15) is 0 Å². The Kier molecular flexibility index (Phi) is 6.95. The Bertz CT molecular complexity index is 793. The number of carbonyl (C=O) groups excluding carboxylic acids is 1. The summed E-state index contributed by atoms with van der Waals surface area (Å²) in [6.45, 7) is 1.67. The van der Waals surface area contributed by atoms with Crippen molar-refractivity contribution in [1.29, 1.82) is 0 Å². The summed E-state index contributed by atoms with van der Waals surface area (Å²) in [5, 5.41) is 25.7. The monoisotopic (exact) mass is 398 g/mol. The number of nitro benzene ring substituents is 1. The fraction of sp³-hybridized carbons (Fsp3) is 0.400. The number of hydrogen-bond donors (Lipinski definition) is 2. The van der Waals surface area contributed by atoms with Gasteiger partial charge in [0.15, 0.2) is 5.16 Å². The molecule has 0 aliphatic carbocycles. The van der Waals surface area contributed by atoms with Gasteiger partial charge in [0.2, 0.25) is 0 Å². The molecule has 11 heteroatoms. The topological polar surface area (TPSA) is 115 Å². The van der Waals surface area contributed by atoms with Crippen LogP contribution in [-0.2, 0) is 7.05 Å². The van der Waals surface area contributed by atoms with Gasteiger partial charge in [0.05, 0.1) is 9.82 Å². The van der Waals surface area contributed by atoms with E-state index in [1.54, 1.807) is 23.7 Å². The van der Waals surface area contributed by atoms with Crippen molar-refractivity contribution in [2.24, 2.45) is 7.05 Å². The number of aromatic nitrogens is 3. The van der Waals surface area contributed by atoms with Gasteiger partial charge < -0.3 is 15.2 Å². The molecule has 1 aliphatic rings. The zero-order valence-corrected chi connectivity index (χ0v) is 15.7. The van der Waals surface area contributed by atoms with Crippen molar-refractivity contribution in [3.63, 3.8) is 0 Å². The van der Waals surface area contributed by atoms with Crippen LogP contribution >= 0.6 is 24.2 Å². The van der Waals surface area contributed by atoms with E-state index in [1.807, 2.05) is 0 Å². The van der Waals surface area contributed by atoms with E-state index in [-0.39, 0.29) is 35.6 Å². The number of hydrogen-bond acceptors (Lipinski definition) is 7. The van der Waals surface area contributed by atoms with E-state index in [2.05, 4.69) is 20.8 Å². The van der Waals surface area contributed by atoms with E-state index < -0.39 is 4.92 Å². The summed E-state index contributed by atoms with van der Waals surface area (Å²) >= 11 is 1.14. The molecule has 1 unspecified atom stereocenters. The van der Waals surface area contributed by atoms with Crippen molar-refractivity contribution in [3.8, 4) is 0 Å². The molecule has 0 radical (unpaired) electrons. The number of piperidine rings is 1. The molecule has 0 saturated carbocycles. The molecule has 140 valence electrons. The van der Waals surface area contributed by atoms with Crippen LogP contribution in [0.3, 0.4) is 0 Å². The van der Waals surface area contributed by atoms with E-state index in [1.165, 1.54) is 12.4 Å². The van der Waals surface area contributed by atoms with Crippen LogP contribution < -0.4 is 10.6 Å². The number of nitro groups is 1. The maximum absolute atomic E-state index is 12.4. The van der Waals surface area contributed by atoms with Gasteiger partial charge in [0, 0.05) is 31.3 Å². The van der Waals surface area contributed by atoms with Gasteiger partial charge in [0.1, 0.15) is 6.33 Å². The minimum atomic E-state index is -0.488. The van der Waals surface area contributed by atoms with E-state index in [9.17, 15) is 14.9 Å². The average Bonchev–Trinajstić information content (AvgIpc) is 3.00. The van der Waals surface area contributed by atoms with Gasteiger partial charge in [-0.05, 0) is 43.3 Å². The Hall–Kier alpha value is -2.17. The van der Waals surface area contributed by atoms with Crippen molar-refractivity contribution in [1.82, 2.24) is 25.4 Å². The van der Waals surface area contributed by atoms with Crippen LogP contribution in [0.15, 0.2) is 34.6 Å². The van der Waals surface area contributed by atoms with Crippen LogP contribution in [0, 0.1) is 10.1 Å². The third-order valence-electron chi connectivity index (χ3n) is 3.92. The lowest BCUT2D eigenvalue weighted by atomic mass is 10.1. The quantitative estimate of drug-likeness (QED) is 0.582. The van der Waals surface area contributed by atoms with Gasteiger partial charge >= 0.3 is 0 Å². The second kappa shape index (κ2) is 8.97. The Morgan fingerprint density at radius 1 is 1.50 bits per heavy atom. The number of carbonyl (C=O) groups is 1. The van der Waals surface area contributed by atoms with Crippen molar-refractivity contribution in [2.75, 3.05) is 13.1 Å². The molecule has 1 saturated heterocycles. The highest BCUT2D eigenvalue weighted by Gasteiger charge is 2.22. The molecule has 1 fully saturated rings. The molecule has 2 N–H and O–H groups in total.